The molecular formula is C14H15N3O2. The second kappa shape index (κ2) is 5.14. The topological polar surface area (TPSA) is 67.2 Å². The Morgan fingerprint density at radius 1 is 1.37 bits per heavy atom. The number of hydrogen-bond acceptors (Lipinski definition) is 3. The Kier molecular flexibility index (Phi) is 3.18. The van der Waals surface area contributed by atoms with Crippen molar-refractivity contribution in [3.63, 3.8) is 0 Å². The highest BCUT2D eigenvalue weighted by molar-refractivity contribution is 5.74. The zero-order valence-corrected chi connectivity index (χ0v) is 10.4. The molecule has 0 atom stereocenters. The average Bonchev–Trinajstić information content (AvgIpc) is 3.07. The number of aromatic nitrogens is 1. The van der Waals surface area contributed by atoms with Crippen LogP contribution in [0.5, 0.6) is 0 Å². The normalized spacial score (nSPS) is 14.1. The number of nitrogens with one attached hydrogen (secondary N) is 2. The fourth-order valence-corrected chi connectivity index (χ4v) is 1.76. The Hall–Kier alpha value is -2.30. The van der Waals surface area contributed by atoms with E-state index in [1.165, 1.54) is 0 Å². The third-order valence-electron chi connectivity index (χ3n) is 3.01. The predicted octanol–water partition coefficient (Wildman–Crippen LogP) is 2.30. The van der Waals surface area contributed by atoms with Crippen molar-refractivity contribution in [3.8, 4) is 11.3 Å². The van der Waals surface area contributed by atoms with Crippen molar-refractivity contribution in [2.24, 2.45) is 0 Å². The summed E-state index contributed by atoms with van der Waals surface area (Å²) in [6.45, 7) is 0.483. The average molecular weight is 257 g/mol. The zero-order valence-electron chi connectivity index (χ0n) is 10.4. The second-order valence-corrected chi connectivity index (χ2v) is 4.67. The number of carbonyl (C=O) groups excluding carboxylic acids is 1. The van der Waals surface area contributed by atoms with Gasteiger partial charge < -0.3 is 15.1 Å². The van der Waals surface area contributed by atoms with Crippen molar-refractivity contribution >= 4 is 6.03 Å². The van der Waals surface area contributed by atoms with Crippen molar-refractivity contribution in [2.45, 2.75) is 25.4 Å². The molecule has 98 valence electrons. The van der Waals surface area contributed by atoms with Crippen molar-refractivity contribution < 1.29 is 9.21 Å². The van der Waals surface area contributed by atoms with Crippen LogP contribution >= 0.6 is 0 Å². The number of pyridine rings is 1. The molecule has 3 rings (SSSR count). The molecule has 0 bridgehead atoms. The van der Waals surface area contributed by atoms with Gasteiger partial charge in [-0.2, -0.15) is 0 Å². The summed E-state index contributed by atoms with van der Waals surface area (Å²) in [5.74, 6) is 0. The van der Waals surface area contributed by atoms with Crippen LogP contribution in [0.15, 0.2) is 41.3 Å². The van der Waals surface area contributed by atoms with Crippen LogP contribution < -0.4 is 10.6 Å². The SMILES string of the molecule is O=C(NCc1ccc(-c2ccoc2)nc1)NC1CC1. The number of rotatable bonds is 4. The standard InChI is InChI=1S/C14H15N3O2/c18-14(17-12-2-3-12)16-8-10-1-4-13(15-7-10)11-5-6-19-9-11/h1,4-7,9,12H,2-3,8H2,(H2,16,17,18). The first-order chi connectivity index (χ1) is 9.31. The largest absolute Gasteiger partial charge is 0.472 e. The number of carbonyl (C=O) groups is 1. The van der Waals surface area contributed by atoms with Gasteiger partial charge in [-0.25, -0.2) is 4.79 Å². The van der Waals surface area contributed by atoms with Crippen LogP contribution in [0.2, 0.25) is 0 Å². The molecular weight excluding hydrogens is 242 g/mol. The van der Waals surface area contributed by atoms with Crippen LogP contribution in [0.1, 0.15) is 18.4 Å². The Balaban J connectivity index is 1.55. The highest BCUT2D eigenvalue weighted by atomic mass is 16.3. The molecule has 1 fully saturated rings. The van der Waals surface area contributed by atoms with E-state index >= 15 is 0 Å². The molecule has 2 aromatic heterocycles. The Bertz CT molecular complexity index is 545. The highest BCUT2D eigenvalue weighted by Crippen LogP contribution is 2.18. The van der Waals surface area contributed by atoms with Gasteiger partial charge in [0, 0.05) is 24.3 Å². The van der Waals surface area contributed by atoms with Crippen LogP contribution in [-0.2, 0) is 6.54 Å². The van der Waals surface area contributed by atoms with Gasteiger partial charge in [0.05, 0.1) is 18.2 Å². The van der Waals surface area contributed by atoms with Crippen LogP contribution in [0.3, 0.4) is 0 Å². The smallest absolute Gasteiger partial charge is 0.315 e. The summed E-state index contributed by atoms with van der Waals surface area (Å²) in [6, 6.07) is 6.00. The molecule has 0 aliphatic heterocycles. The molecule has 1 aliphatic rings. The first-order valence-corrected chi connectivity index (χ1v) is 6.33. The molecule has 5 nitrogen and oxygen atoms in total. The first kappa shape index (κ1) is 11.8. The van der Waals surface area contributed by atoms with Crippen molar-refractivity contribution in [2.75, 3.05) is 0 Å². The molecule has 2 aromatic rings. The van der Waals surface area contributed by atoms with Gasteiger partial charge in [-0.1, -0.05) is 6.07 Å². The van der Waals surface area contributed by atoms with Crippen molar-refractivity contribution in [1.82, 2.24) is 15.6 Å². The van der Waals surface area contributed by atoms with Crippen molar-refractivity contribution in [1.29, 1.82) is 0 Å². The summed E-state index contributed by atoms with van der Waals surface area (Å²) < 4.78 is 5.02. The van der Waals surface area contributed by atoms with E-state index in [1.54, 1.807) is 18.7 Å². The first-order valence-electron chi connectivity index (χ1n) is 6.33. The van der Waals surface area contributed by atoms with E-state index in [1.807, 2.05) is 18.2 Å². The van der Waals surface area contributed by atoms with Gasteiger partial charge in [0.15, 0.2) is 0 Å². The van der Waals surface area contributed by atoms with E-state index in [0.29, 0.717) is 12.6 Å². The molecule has 0 spiro atoms. The maximum absolute atomic E-state index is 11.5. The van der Waals surface area contributed by atoms with E-state index in [0.717, 1.165) is 29.7 Å². The van der Waals surface area contributed by atoms with E-state index in [9.17, 15) is 4.79 Å². The summed E-state index contributed by atoms with van der Waals surface area (Å²) >= 11 is 0. The number of hydrogen-bond donors (Lipinski definition) is 2. The second-order valence-electron chi connectivity index (χ2n) is 4.67. The van der Waals surface area contributed by atoms with E-state index in [2.05, 4.69) is 15.6 Å². The fraction of sp³-hybridized carbons (Fsp3) is 0.286. The minimum absolute atomic E-state index is 0.110. The monoisotopic (exact) mass is 257 g/mol. The van der Waals surface area contributed by atoms with Crippen LogP contribution in [0.25, 0.3) is 11.3 Å². The number of furan rings is 1. The minimum atomic E-state index is -0.110. The molecule has 19 heavy (non-hydrogen) atoms. The molecule has 2 N–H and O–H groups in total. The van der Waals surface area contributed by atoms with Crippen LogP contribution in [0.4, 0.5) is 4.79 Å². The number of nitrogens with zero attached hydrogens (tertiary/aromatic N) is 1. The molecule has 2 heterocycles. The van der Waals surface area contributed by atoms with E-state index in [4.69, 9.17) is 4.42 Å². The molecule has 5 heteroatoms. The lowest BCUT2D eigenvalue weighted by Gasteiger charge is -2.06. The quantitative estimate of drug-likeness (QED) is 0.883. The third kappa shape index (κ3) is 3.13. The molecule has 1 aliphatic carbocycles. The summed E-state index contributed by atoms with van der Waals surface area (Å²) in [7, 11) is 0. The maximum Gasteiger partial charge on any atom is 0.315 e. The molecule has 0 radical (unpaired) electrons. The summed E-state index contributed by atoms with van der Waals surface area (Å²) in [4.78, 5) is 15.8. The zero-order chi connectivity index (χ0) is 13.1. The highest BCUT2D eigenvalue weighted by Gasteiger charge is 2.22. The molecule has 0 saturated heterocycles. The van der Waals surface area contributed by atoms with Gasteiger partial charge in [0.25, 0.3) is 0 Å². The van der Waals surface area contributed by atoms with Gasteiger partial charge in [-0.3, -0.25) is 4.98 Å². The predicted molar refractivity (Wildman–Crippen MR) is 70.3 cm³/mol. The van der Waals surface area contributed by atoms with E-state index in [-0.39, 0.29) is 6.03 Å². The van der Waals surface area contributed by atoms with Gasteiger partial charge in [0.1, 0.15) is 0 Å². The van der Waals surface area contributed by atoms with Crippen molar-refractivity contribution in [3.05, 3.63) is 42.5 Å². The minimum Gasteiger partial charge on any atom is -0.472 e. The van der Waals surface area contributed by atoms with Gasteiger partial charge in [-0.05, 0) is 30.5 Å². The van der Waals surface area contributed by atoms with E-state index < -0.39 is 0 Å². The van der Waals surface area contributed by atoms with Gasteiger partial charge in [0.2, 0.25) is 0 Å². The Morgan fingerprint density at radius 3 is 2.89 bits per heavy atom. The molecule has 2 amide bonds. The van der Waals surface area contributed by atoms with Crippen LogP contribution in [-0.4, -0.2) is 17.1 Å². The lowest BCUT2D eigenvalue weighted by molar-refractivity contribution is 0.240. The lowest BCUT2D eigenvalue weighted by atomic mass is 10.2. The molecule has 0 unspecified atom stereocenters. The summed E-state index contributed by atoms with van der Waals surface area (Å²) in [5, 5.41) is 5.69. The Labute approximate surface area is 111 Å². The van der Waals surface area contributed by atoms with Crippen LogP contribution in [0, 0.1) is 0 Å². The van der Waals surface area contributed by atoms with Gasteiger partial charge >= 0.3 is 6.03 Å². The number of amides is 2. The third-order valence-corrected chi connectivity index (χ3v) is 3.01. The summed E-state index contributed by atoms with van der Waals surface area (Å²) in [6.07, 6.45) is 7.22. The van der Waals surface area contributed by atoms with Gasteiger partial charge in [-0.15, -0.1) is 0 Å². The molecule has 0 aromatic carbocycles. The summed E-state index contributed by atoms with van der Waals surface area (Å²) in [5.41, 5.74) is 2.78. The number of urea groups is 1. The lowest BCUT2D eigenvalue weighted by Crippen LogP contribution is -2.36. The Morgan fingerprint density at radius 2 is 2.26 bits per heavy atom. The maximum atomic E-state index is 11.5. The fourth-order valence-electron chi connectivity index (χ4n) is 1.76. The molecule has 1 saturated carbocycles.